The van der Waals surface area contributed by atoms with Crippen molar-refractivity contribution in [2.75, 3.05) is 49.8 Å². The first-order valence-corrected chi connectivity index (χ1v) is 13.9. The van der Waals surface area contributed by atoms with Gasteiger partial charge in [0.15, 0.2) is 11.5 Å². The van der Waals surface area contributed by atoms with Crippen molar-refractivity contribution >= 4 is 35.0 Å². The lowest BCUT2D eigenvalue weighted by molar-refractivity contribution is 0.0373. The molecule has 3 aromatic rings. The molecule has 0 aliphatic carbocycles. The number of rotatable bonds is 8. The molecular weight excluding hydrogens is 556 g/mol. The number of nitrogens with one attached hydrogen (secondary N) is 3. The Morgan fingerprint density at radius 3 is 2.51 bits per heavy atom. The van der Waals surface area contributed by atoms with E-state index in [0.717, 1.165) is 0 Å². The summed E-state index contributed by atoms with van der Waals surface area (Å²) in [5, 5.41) is 22.1. The van der Waals surface area contributed by atoms with Crippen LogP contribution < -0.4 is 25.4 Å². The van der Waals surface area contributed by atoms with Gasteiger partial charge < -0.3 is 44.9 Å². The molecular formula is C30H38N6O7. The number of anilines is 3. The van der Waals surface area contributed by atoms with Crippen LogP contribution in [0.15, 0.2) is 47.0 Å². The SMILES string of the molecule is COc1ccc(NC(=O)N(C)C[C@H]2Oc3c(NC(=O)Nc4c(C)noc4C)cccc3C(=O)N([C@H](C)CO)C[C@H]2C)cc1. The van der Waals surface area contributed by atoms with Crippen LogP contribution in [0.2, 0.25) is 0 Å². The number of aliphatic hydroxyl groups is 1. The number of ether oxygens (including phenoxy) is 2. The van der Waals surface area contributed by atoms with Crippen molar-refractivity contribution in [1.82, 2.24) is 15.0 Å². The summed E-state index contributed by atoms with van der Waals surface area (Å²) < 4.78 is 16.8. The minimum absolute atomic E-state index is 0.164. The van der Waals surface area contributed by atoms with Gasteiger partial charge in [0.05, 0.1) is 37.6 Å². The van der Waals surface area contributed by atoms with Gasteiger partial charge in [0.2, 0.25) is 0 Å². The van der Waals surface area contributed by atoms with E-state index in [1.54, 1.807) is 82.3 Å². The van der Waals surface area contributed by atoms with Gasteiger partial charge in [-0.05, 0) is 57.2 Å². The second-order valence-electron chi connectivity index (χ2n) is 10.6. The third kappa shape index (κ3) is 7.17. The number of amides is 5. The summed E-state index contributed by atoms with van der Waals surface area (Å²) in [4.78, 5) is 42.9. The van der Waals surface area contributed by atoms with Crippen LogP contribution in [0.1, 0.15) is 35.7 Å². The van der Waals surface area contributed by atoms with Gasteiger partial charge >= 0.3 is 12.1 Å². The Kier molecular flexibility index (Phi) is 9.76. The average molecular weight is 595 g/mol. The van der Waals surface area contributed by atoms with Gasteiger partial charge in [0.25, 0.3) is 5.91 Å². The summed E-state index contributed by atoms with van der Waals surface area (Å²) in [6, 6.07) is 10.4. The van der Waals surface area contributed by atoms with Gasteiger partial charge in [-0.15, -0.1) is 0 Å². The van der Waals surface area contributed by atoms with Crippen LogP contribution in [0.5, 0.6) is 11.5 Å². The van der Waals surface area contributed by atoms with E-state index in [1.165, 1.54) is 4.90 Å². The zero-order valence-corrected chi connectivity index (χ0v) is 25.1. The molecule has 3 atom stereocenters. The maximum Gasteiger partial charge on any atom is 0.323 e. The second kappa shape index (κ2) is 13.5. The predicted molar refractivity (Wildman–Crippen MR) is 161 cm³/mol. The van der Waals surface area contributed by atoms with Crippen molar-refractivity contribution in [3.05, 3.63) is 59.5 Å². The van der Waals surface area contributed by atoms with E-state index in [1.807, 2.05) is 6.92 Å². The van der Waals surface area contributed by atoms with Crippen LogP contribution in [-0.4, -0.2) is 84.0 Å². The van der Waals surface area contributed by atoms with Gasteiger partial charge in [0, 0.05) is 25.2 Å². The molecule has 13 nitrogen and oxygen atoms in total. The first kappa shape index (κ1) is 31.2. The fourth-order valence-electron chi connectivity index (χ4n) is 4.73. The molecule has 1 aliphatic rings. The number of aryl methyl sites for hydroxylation is 2. The number of carbonyl (C=O) groups is 3. The zero-order chi connectivity index (χ0) is 31.3. The standard InChI is InChI=1S/C30H38N6O7/c1-17-14-36(18(2)16-37)28(38)23-8-7-9-24(32-29(39)33-26-19(3)34-43-20(26)4)27(23)42-25(17)15-35(5)30(40)31-21-10-12-22(41-6)13-11-21/h7-13,17-18,25,37H,14-16H2,1-6H3,(H,31,40)(H2,32,33,39)/t17-,18-,25-/m1/s1. The largest absolute Gasteiger partial charge is 0.497 e. The van der Waals surface area contributed by atoms with Crippen LogP contribution in [0, 0.1) is 19.8 Å². The molecule has 1 aliphatic heterocycles. The molecule has 13 heteroatoms. The third-order valence-corrected chi connectivity index (χ3v) is 7.35. The number of likely N-dealkylation sites (N-methyl/N-ethyl adjacent to an activating group) is 1. The van der Waals surface area contributed by atoms with E-state index in [2.05, 4.69) is 21.1 Å². The van der Waals surface area contributed by atoms with Gasteiger partial charge in [-0.1, -0.05) is 18.1 Å². The quantitative estimate of drug-likeness (QED) is 0.300. The lowest BCUT2D eigenvalue weighted by Gasteiger charge is -2.38. The Bertz CT molecular complexity index is 1440. The Morgan fingerprint density at radius 1 is 1.16 bits per heavy atom. The first-order chi connectivity index (χ1) is 20.5. The van der Waals surface area contributed by atoms with Crippen LogP contribution >= 0.6 is 0 Å². The molecule has 2 heterocycles. The van der Waals surface area contributed by atoms with Crippen LogP contribution in [0.3, 0.4) is 0 Å². The number of benzene rings is 2. The van der Waals surface area contributed by atoms with Crippen LogP contribution in [0.25, 0.3) is 0 Å². The number of methoxy groups -OCH3 is 1. The molecule has 0 saturated carbocycles. The molecule has 0 spiro atoms. The molecule has 0 fully saturated rings. The molecule has 230 valence electrons. The van der Waals surface area contributed by atoms with Crippen LogP contribution in [0.4, 0.5) is 26.7 Å². The number of para-hydroxylation sites is 1. The van der Waals surface area contributed by atoms with Crippen molar-refractivity contribution in [3.63, 3.8) is 0 Å². The van der Waals surface area contributed by atoms with E-state index in [9.17, 15) is 19.5 Å². The summed E-state index contributed by atoms with van der Waals surface area (Å²) in [5.74, 6) is 0.675. The number of urea groups is 2. The molecule has 2 aromatic carbocycles. The van der Waals surface area contributed by atoms with E-state index >= 15 is 0 Å². The highest BCUT2D eigenvalue weighted by atomic mass is 16.5. The maximum absolute atomic E-state index is 13.7. The van der Waals surface area contributed by atoms with Gasteiger partial charge in [-0.2, -0.15) is 0 Å². The fraction of sp³-hybridized carbons (Fsp3) is 0.400. The number of hydrogen-bond acceptors (Lipinski definition) is 8. The first-order valence-electron chi connectivity index (χ1n) is 13.9. The Balaban J connectivity index is 1.61. The molecule has 4 N–H and O–H groups in total. The van der Waals surface area contributed by atoms with Crippen molar-refractivity contribution in [1.29, 1.82) is 0 Å². The van der Waals surface area contributed by atoms with E-state index in [4.69, 9.17) is 14.0 Å². The summed E-state index contributed by atoms with van der Waals surface area (Å²) in [6.45, 7) is 7.27. The third-order valence-electron chi connectivity index (χ3n) is 7.35. The molecule has 0 bridgehead atoms. The van der Waals surface area contributed by atoms with Crippen LogP contribution in [-0.2, 0) is 0 Å². The van der Waals surface area contributed by atoms with E-state index < -0.39 is 18.2 Å². The van der Waals surface area contributed by atoms with Gasteiger partial charge in [-0.25, -0.2) is 9.59 Å². The zero-order valence-electron chi connectivity index (χ0n) is 25.1. The highest BCUT2D eigenvalue weighted by Crippen LogP contribution is 2.35. The minimum Gasteiger partial charge on any atom is -0.497 e. The van der Waals surface area contributed by atoms with Gasteiger partial charge in [-0.3, -0.25) is 4.79 Å². The fourth-order valence-corrected chi connectivity index (χ4v) is 4.73. The second-order valence-corrected chi connectivity index (χ2v) is 10.6. The normalized spacial score (nSPS) is 17.1. The Hall–Kier alpha value is -4.78. The monoisotopic (exact) mass is 594 g/mol. The molecule has 4 rings (SSSR count). The highest BCUT2D eigenvalue weighted by molar-refractivity contribution is 6.04. The number of hydrogen-bond donors (Lipinski definition) is 4. The number of aromatic nitrogens is 1. The molecule has 0 unspecified atom stereocenters. The summed E-state index contributed by atoms with van der Waals surface area (Å²) in [7, 11) is 3.22. The van der Waals surface area contributed by atoms with Crippen molar-refractivity contribution in [3.8, 4) is 11.5 Å². The smallest absolute Gasteiger partial charge is 0.323 e. The number of nitrogens with zero attached hydrogens (tertiary/aromatic N) is 3. The lowest BCUT2D eigenvalue weighted by atomic mass is 9.99. The van der Waals surface area contributed by atoms with E-state index in [-0.39, 0.29) is 54.6 Å². The summed E-state index contributed by atoms with van der Waals surface area (Å²) >= 11 is 0. The number of carbonyl (C=O) groups excluding carboxylic acids is 3. The molecule has 5 amide bonds. The topological polar surface area (TPSA) is 158 Å². The molecule has 0 saturated heterocycles. The van der Waals surface area contributed by atoms with E-state index in [0.29, 0.717) is 28.6 Å². The number of aliphatic hydroxyl groups excluding tert-OH is 1. The molecule has 1 aromatic heterocycles. The summed E-state index contributed by atoms with van der Waals surface area (Å²) in [5.41, 5.74) is 2.03. The molecule has 0 radical (unpaired) electrons. The predicted octanol–water partition coefficient (Wildman–Crippen LogP) is 4.33. The van der Waals surface area contributed by atoms with Gasteiger partial charge in [0.1, 0.15) is 23.2 Å². The lowest BCUT2D eigenvalue weighted by Crippen LogP contribution is -2.50. The summed E-state index contributed by atoms with van der Waals surface area (Å²) in [6.07, 6.45) is -0.583. The average Bonchev–Trinajstić information content (AvgIpc) is 3.31. The Labute approximate surface area is 250 Å². The maximum atomic E-state index is 13.7. The van der Waals surface area contributed by atoms with Crippen molar-refractivity contribution in [2.45, 2.75) is 39.8 Å². The molecule has 43 heavy (non-hydrogen) atoms. The van der Waals surface area contributed by atoms with Crippen molar-refractivity contribution in [2.24, 2.45) is 5.92 Å². The Morgan fingerprint density at radius 2 is 1.88 bits per heavy atom. The number of fused-ring (bicyclic) bond motifs is 1. The minimum atomic E-state index is -0.583. The highest BCUT2D eigenvalue weighted by Gasteiger charge is 2.35. The van der Waals surface area contributed by atoms with Crippen molar-refractivity contribution < 1.29 is 33.5 Å².